The number of nitrogens with zero attached hydrogens (tertiary/aromatic N) is 4. The van der Waals surface area contributed by atoms with E-state index in [0.29, 0.717) is 50.6 Å². The molecule has 28 heavy (non-hydrogen) atoms. The Morgan fingerprint density at radius 1 is 0.893 bits per heavy atom. The lowest BCUT2D eigenvalue weighted by Crippen LogP contribution is -2.46. The number of hydrogen-bond donors (Lipinski definition) is 2. The summed E-state index contributed by atoms with van der Waals surface area (Å²) < 4.78 is 0. The predicted octanol–water partition coefficient (Wildman–Crippen LogP) is 2.20. The highest BCUT2D eigenvalue weighted by Crippen LogP contribution is 2.34. The smallest absolute Gasteiger partial charge is 0.292 e. The molecule has 0 saturated carbocycles. The quantitative estimate of drug-likeness (QED) is 0.547. The van der Waals surface area contributed by atoms with E-state index in [9.17, 15) is 20.2 Å². The Labute approximate surface area is 161 Å². The fourth-order valence-corrected chi connectivity index (χ4v) is 3.33. The Morgan fingerprint density at radius 2 is 1.46 bits per heavy atom. The third-order valence-electron chi connectivity index (χ3n) is 4.69. The molecule has 1 saturated heterocycles. The fourth-order valence-electron chi connectivity index (χ4n) is 3.33. The fraction of sp³-hybridized carbons (Fsp3) is 0.333. The van der Waals surface area contributed by atoms with Gasteiger partial charge in [-0.25, -0.2) is 0 Å². The molecule has 10 nitrogen and oxygen atoms in total. The van der Waals surface area contributed by atoms with E-state index in [-0.39, 0.29) is 16.3 Å². The molecule has 148 valence electrons. The van der Waals surface area contributed by atoms with Crippen LogP contribution in [-0.2, 0) is 0 Å². The van der Waals surface area contributed by atoms with Crippen molar-refractivity contribution in [3.05, 3.63) is 62.7 Å². The van der Waals surface area contributed by atoms with Crippen LogP contribution in [0.3, 0.4) is 0 Å². The van der Waals surface area contributed by atoms with Gasteiger partial charge in [0.1, 0.15) is 11.4 Å². The zero-order valence-electron chi connectivity index (χ0n) is 15.3. The number of nitrogens with two attached hydrogens (primary N) is 1. The summed E-state index contributed by atoms with van der Waals surface area (Å²) in [5.41, 5.74) is 7.49. The largest absolute Gasteiger partial charge is 0.384 e. The molecule has 0 atom stereocenters. The number of nitrogens with one attached hydrogen (secondary N) is 1. The number of rotatable bonds is 7. The van der Waals surface area contributed by atoms with Crippen LogP contribution < -0.4 is 20.9 Å². The highest BCUT2D eigenvalue weighted by Gasteiger charge is 2.27. The first-order valence-electron chi connectivity index (χ1n) is 8.97. The van der Waals surface area contributed by atoms with Crippen molar-refractivity contribution in [2.45, 2.75) is 0 Å². The third kappa shape index (κ3) is 4.12. The molecule has 1 aliphatic heterocycles. The summed E-state index contributed by atoms with van der Waals surface area (Å²) in [6.07, 6.45) is 0. The van der Waals surface area contributed by atoms with Gasteiger partial charge in [0.05, 0.1) is 9.85 Å². The Hall–Kier alpha value is -3.40. The molecule has 3 rings (SSSR count). The topological polar surface area (TPSA) is 131 Å². The Balaban J connectivity index is 1.79. The van der Waals surface area contributed by atoms with E-state index in [0.717, 1.165) is 5.69 Å². The number of nitro groups is 2. The van der Waals surface area contributed by atoms with Gasteiger partial charge in [-0.15, -0.1) is 0 Å². The van der Waals surface area contributed by atoms with Gasteiger partial charge in [0.25, 0.3) is 11.4 Å². The minimum Gasteiger partial charge on any atom is -0.384 e. The number of para-hydroxylation sites is 2. The van der Waals surface area contributed by atoms with Crippen LogP contribution in [0.2, 0.25) is 0 Å². The van der Waals surface area contributed by atoms with Crippen molar-refractivity contribution >= 4 is 28.4 Å². The molecule has 10 heteroatoms. The minimum absolute atomic E-state index is 0.0393. The highest BCUT2D eigenvalue weighted by atomic mass is 16.6. The number of benzene rings is 2. The normalized spacial score (nSPS) is 14.0. The zero-order valence-corrected chi connectivity index (χ0v) is 15.3. The molecular formula is C18H22N6O4. The van der Waals surface area contributed by atoms with Crippen molar-refractivity contribution in [1.82, 2.24) is 0 Å². The van der Waals surface area contributed by atoms with Crippen molar-refractivity contribution in [1.29, 1.82) is 0 Å². The molecule has 0 amide bonds. The summed E-state index contributed by atoms with van der Waals surface area (Å²) in [5, 5.41) is 25.9. The zero-order chi connectivity index (χ0) is 20.1. The van der Waals surface area contributed by atoms with E-state index in [1.165, 1.54) is 12.1 Å². The van der Waals surface area contributed by atoms with Crippen molar-refractivity contribution in [3.63, 3.8) is 0 Å². The van der Waals surface area contributed by atoms with Crippen LogP contribution in [0.5, 0.6) is 0 Å². The summed E-state index contributed by atoms with van der Waals surface area (Å²) in [6, 6.07) is 11.5. The van der Waals surface area contributed by atoms with Crippen molar-refractivity contribution in [2.24, 2.45) is 5.73 Å². The summed E-state index contributed by atoms with van der Waals surface area (Å²) in [7, 11) is 0. The van der Waals surface area contributed by atoms with Gasteiger partial charge in [-0.05, 0) is 18.2 Å². The van der Waals surface area contributed by atoms with E-state index >= 15 is 0 Å². The van der Waals surface area contributed by atoms with Crippen LogP contribution in [0.15, 0.2) is 42.5 Å². The molecule has 0 unspecified atom stereocenters. The summed E-state index contributed by atoms with van der Waals surface area (Å²) in [6.45, 7) is 3.13. The van der Waals surface area contributed by atoms with Crippen LogP contribution >= 0.6 is 0 Å². The van der Waals surface area contributed by atoms with Crippen LogP contribution in [0.1, 0.15) is 0 Å². The maximum absolute atomic E-state index is 11.4. The first-order valence-corrected chi connectivity index (χ1v) is 8.97. The summed E-state index contributed by atoms with van der Waals surface area (Å²) >= 11 is 0. The maximum Gasteiger partial charge on any atom is 0.292 e. The second kappa shape index (κ2) is 8.53. The van der Waals surface area contributed by atoms with Gasteiger partial charge < -0.3 is 20.9 Å². The van der Waals surface area contributed by atoms with Gasteiger partial charge in [-0.1, -0.05) is 12.1 Å². The molecule has 0 aromatic heterocycles. The molecule has 2 aromatic carbocycles. The van der Waals surface area contributed by atoms with Crippen molar-refractivity contribution < 1.29 is 9.85 Å². The SMILES string of the molecule is NCCNc1ccc([N+](=O)[O-])c(N2CCN(c3ccccc3[N+](=O)[O-])CC2)c1. The van der Waals surface area contributed by atoms with E-state index in [2.05, 4.69) is 5.32 Å². The average molecular weight is 386 g/mol. The molecule has 1 fully saturated rings. The second-order valence-electron chi connectivity index (χ2n) is 6.40. The molecular weight excluding hydrogens is 364 g/mol. The van der Waals surface area contributed by atoms with Gasteiger partial charge in [-0.3, -0.25) is 20.2 Å². The lowest BCUT2D eigenvalue weighted by molar-refractivity contribution is -0.384. The molecule has 0 bridgehead atoms. The number of anilines is 3. The lowest BCUT2D eigenvalue weighted by Gasteiger charge is -2.36. The van der Waals surface area contributed by atoms with Crippen LogP contribution in [0, 0.1) is 20.2 Å². The first-order chi connectivity index (χ1) is 13.5. The molecule has 2 aromatic rings. The highest BCUT2D eigenvalue weighted by molar-refractivity contribution is 5.71. The van der Waals surface area contributed by atoms with Crippen molar-refractivity contribution in [2.75, 3.05) is 54.4 Å². The third-order valence-corrected chi connectivity index (χ3v) is 4.69. The van der Waals surface area contributed by atoms with E-state index < -0.39 is 4.92 Å². The molecule has 1 heterocycles. The number of hydrogen-bond acceptors (Lipinski definition) is 8. The number of nitro benzene ring substituents is 2. The Morgan fingerprint density at radius 3 is 2.07 bits per heavy atom. The van der Waals surface area contributed by atoms with E-state index in [1.807, 2.05) is 9.80 Å². The molecule has 1 aliphatic rings. The van der Waals surface area contributed by atoms with Gasteiger partial charge >= 0.3 is 0 Å². The van der Waals surface area contributed by atoms with Crippen LogP contribution in [-0.4, -0.2) is 49.1 Å². The first kappa shape index (κ1) is 19.4. The summed E-state index contributed by atoms with van der Waals surface area (Å²) in [4.78, 5) is 25.8. The van der Waals surface area contributed by atoms with E-state index in [1.54, 1.807) is 30.3 Å². The molecule has 0 spiro atoms. The van der Waals surface area contributed by atoms with Gasteiger partial charge in [-0.2, -0.15) is 0 Å². The Kier molecular flexibility index (Phi) is 5.90. The van der Waals surface area contributed by atoms with Crippen LogP contribution in [0.25, 0.3) is 0 Å². The van der Waals surface area contributed by atoms with Gasteiger partial charge in [0, 0.05) is 57.1 Å². The second-order valence-corrected chi connectivity index (χ2v) is 6.40. The average Bonchev–Trinajstić information content (AvgIpc) is 2.72. The summed E-state index contributed by atoms with van der Waals surface area (Å²) in [5.74, 6) is 0. The monoisotopic (exact) mass is 386 g/mol. The van der Waals surface area contributed by atoms with Crippen LogP contribution in [0.4, 0.5) is 28.4 Å². The molecule has 0 aliphatic carbocycles. The predicted molar refractivity (Wildman–Crippen MR) is 108 cm³/mol. The van der Waals surface area contributed by atoms with Gasteiger partial charge in [0.2, 0.25) is 0 Å². The molecule has 0 radical (unpaired) electrons. The maximum atomic E-state index is 11.4. The Bertz CT molecular complexity index is 867. The number of piperazine rings is 1. The standard InChI is InChI=1S/C18H22N6O4/c19-7-8-20-14-5-6-17(24(27)28)18(13-14)22-11-9-21(10-12-22)15-3-1-2-4-16(15)23(25)26/h1-6,13,20H,7-12,19H2. The van der Waals surface area contributed by atoms with E-state index in [4.69, 9.17) is 5.73 Å². The lowest BCUT2D eigenvalue weighted by atomic mass is 10.1. The minimum atomic E-state index is -0.392. The van der Waals surface area contributed by atoms with Gasteiger partial charge in [0.15, 0.2) is 0 Å². The van der Waals surface area contributed by atoms with Crippen molar-refractivity contribution in [3.8, 4) is 0 Å². The molecule has 3 N–H and O–H groups in total.